The molecule has 1 saturated carbocycles. The van der Waals surface area contributed by atoms with Gasteiger partial charge in [-0.1, -0.05) is 5.16 Å². The van der Waals surface area contributed by atoms with Gasteiger partial charge in [0.2, 0.25) is 0 Å². The van der Waals surface area contributed by atoms with Crippen LogP contribution < -0.4 is 5.32 Å². The molecule has 3 atom stereocenters. The molecule has 3 aromatic rings. The molecule has 0 spiro atoms. The first-order valence-corrected chi connectivity index (χ1v) is 10.4. The number of carbonyl (C=O) groups excluding carboxylic acids is 1. The van der Waals surface area contributed by atoms with E-state index in [0.29, 0.717) is 18.2 Å². The largest absolute Gasteiger partial charge is 0.417 e. The van der Waals surface area contributed by atoms with E-state index in [0.717, 1.165) is 25.1 Å². The zero-order chi connectivity index (χ0) is 23.3. The molecule has 172 valence electrons. The van der Waals surface area contributed by atoms with Crippen LogP contribution in [0.3, 0.4) is 0 Å². The molecule has 2 bridgehead atoms. The fraction of sp³-hybridized carbons (Fsp3) is 0.364. The maximum absolute atomic E-state index is 13.9. The summed E-state index contributed by atoms with van der Waals surface area (Å²) in [7, 11) is 0. The highest BCUT2D eigenvalue weighted by molar-refractivity contribution is 6.00. The van der Waals surface area contributed by atoms with Crippen molar-refractivity contribution in [2.45, 2.75) is 38.0 Å². The first kappa shape index (κ1) is 21.4. The number of alkyl halides is 3. The van der Waals surface area contributed by atoms with Gasteiger partial charge in [-0.3, -0.25) is 4.79 Å². The Balaban J connectivity index is 1.37. The number of aromatic nitrogens is 3. The Morgan fingerprint density at radius 3 is 2.67 bits per heavy atom. The number of hydrogen-bond acceptors (Lipinski definition) is 6. The molecule has 11 heteroatoms. The summed E-state index contributed by atoms with van der Waals surface area (Å²) in [4.78, 5) is 23.2. The molecule has 1 aliphatic carbocycles. The van der Waals surface area contributed by atoms with E-state index in [1.54, 1.807) is 11.8 Å². The smallest absolute Gasteiger partial charge is 0.365 e. The molecule has 2 aliphatic rings. The van der Waals surface area contributed by atoms with Crippen LogP contribution in [0.2, 0.25) is 0 Å². The van der Waals surface area contributed by atoms with Crippen LogP contribution in [0, 0.1) is 18.7 Å². The minimum absolute atomic E-state index is 0.0586. The molecule has 1 saturated heterocycles. The highest BCUT2D eigenvalue weighted by Gasteiger charge is 2.47. The van der Waals surface area contributed by atoms with Crippen LogP contribution in [0.1, 0.15) is 34.6 Å². The fourth-order valence-electron chi connectivity index (χ4n) is 4.69. The average Bonchev–Trinajstić information content (AvgIpc) is 3.49. The van der Waals surface area contributed by atoms with E-state index in [-0.39, 0.29) is 40.9 Å². The molecule has 7 nitrogen and oxygen atoms in total. The van der Waals surface area contributed by atoms with Gasteiger partial charge in [-0.25, -0.2) is 9.37 Å². The van der Waals surface area contributed by atoms with Crippen molar-refractivity contribution in [3.05, 3.63) is 59.3 Å². The van der Waals surface area contributed by atoms with Gasteiger partial charge in [0.1, 0.15) is 11.6 Å². The maximum Gasteiger partial charge on any atom is 0.417 e. The SMILES string of the molecule is Cc1noc(-c2cc(F)ccc2C(=O)N2C[C@@H]3C[C@@H](Nc4ccc(C(F)(F)F)cn4)[C@@H]2C3)n1. The predicted molar refractivity (Wildman–Crippen MR) is 109 cm³/mol. The van der Waals surface area contributed by atoms with Gasteiger partial charge >= 0.3 is 6.18 Å². The van der Waals surface area contributed by atoms with E-state index >= 15 is 0 Å². The first-order valence-electron chi connectivity index (χ1n) is 10.4. The molecule has 5 rings (SSSR count). The van der Waals surface area contributed by atoms with Crippen LogP contribution in [0.4, 0.5) is 23.4 Å². The summed E-state index contributed by atoms with van der Waals surface area (Å²) in [6, 6.07) is 5.73. The highest BCUT2D eigenvalue weighted by atomic mass is 19.4. The van der Waals surface area contributed by atoms with Crippen molar-refractivity contribution in [2.24, 2.45) is 5.92 Å². The van der Waals surface area contributed by atoms with Crippen molar-refractivity contribution in [1.29, 1.82) is 0 Å². The van der Waals surface area contributed by atoms with Gasteiger partial charge in [-0.05, 0) is 56.0 Å². The number of likely N-dealkylation sites (tertiary alicyclic amines) is 1. The Hall–Kier alpha value is -3.50. The zero-order valence-corrected chi connectivity index (χ0v) is 17.4. The minimum Gasteiger partial charge on any atom is -0.365 e. The summed E-state index contributed by atoms with van der Waals surface area (Å²) in [6.45, 7) is 2.17. The van der Waals surface area contributed by atoms with Crippen molar-refractivity contribution in [3.63, 3.8) is 0 Å². The molecule has 0 radical (unpaired) electrons. The molecule has 1 aromatic carbocycles. The molecule has 0 unspecified atom stereocenters. The van der Waals surface area contributed by atoms with E-state index in [9.17, 15) is 22.4 Å². The summed E-state index contributed by atoms with van der Waals surface area (Å²) < 4.78 is 57.4. The number of pyridine rings is 1. The first-order chi connectivity index (χ1) is 15.7. The fourth-order valence-corrected chi connectivity index (χ4v) is 4.69. The predicted octanol–water partition coefficient (Wildman–Crippen LogP) is 4.31. The summed E-state index contributed by atoms with van der Waals surface area (Å²) in [5, 5.41) is 6.89. The number of rotatable bonds is 4. The van der Waals surface area contributed by atoms with Gasteiger partial charge in [-0.2, -0.15) is 18.2 Å². The van der Waals surface area contributed by atoms with Crippen molar-refractivity contribution in [2.75, 3.05) is 11.9 Å². The second-order valence-electron chi connectivity index (χ2n) is 8.38. The van der Waals surface area contributed by atoms with Crippen LogP contribution in [0.15, 0.2) is 41.1 Å². The van der Waals surface area contributed by atoms with Crippen LogP contribution >= 0.6 is 0 Å². The molecule has 2 fully saturated rings. The van der Waals surface area contributed by atoms with E-state index in [4.69, 9.17) is 4.52 Å². The summed E-state index contributed by atoms with van der Waals surface area (Å²) in [5.74, 6) is 0.162. The third kappa shape index (κ3) is 4.03. The van der Waals surface area contributed by atoms with Gasteiger partial charge < -0.3 is 14.7 Å². The van der Waals surface area contributed by atoms with E-state index in [1.165, 1.54) is 24.3 Å². The number of aryl methyl sites for hydroxylation is 1. The third-order valence-corrected chi connectivity index (χ3v) is 6.14. The Morgan fingerprint density at radius 1 is 1.21 bits per heavy atom. The topological polar surface area (TPSA) is 84.2 Å². The van der Waals surface area contributed by atoms with Crippen LogP contribution in [-0.4, -0.2) is 44.6 Å². The lowest BCUT2D eigenvalue weighted by atomic mass is 10.0. The summed E-state index contributed by atoms with van der Waals surface area (Å²) in [6.07, 6.45) is -2.13. The Labute approximate surface area is 185 Å². The number of hydrogen-bond donors (Lipinski definition) is 1. The van der Waals surface area contributed by atoms with Crippen LogP contribution in [0.25, 0.3) is 11.5 Å². The van der Waals surface area contributed by atoms with Gasteiger partial charge in [0.25, 0.3) is 11.8 Å². The quantitative estimate of drug-likeness (QED) is 0.583. The Bertz CT molecular complexity index is 1190. The normalized spacial score (nSPS) is 22.1. The number of anilines is 1. The van der Waals surface area contributed by atoms with Gasteiger partial charge in [0, 0.05) is 18.8 Å². The van der Waals surface area contributed by atoms with Crippen molar-refractivity contribution in [3.8, 4) is 11.5 Å². The lowest BCUT2D eigenvalue weighted by Gasteiger charge is -2.34. The molecule has 1 N–H and O–H groups in total. The summed E-state index contributed by atoms with van der Waals surface area (Å²) in [5.41, 5.74) is -0.353. The number of nitrogens with one attached hydrogen (secondary N) is 1. The molecular formula is C22H19F4N5O2. The number of halogens is 4. The van der Waals surface area contributed by atoms with Crippen molar-refractivity contribution >= 4 is 11.7 Å². The lowest BCUT2D eigenvalue weighted by molar-refractivity contribution is -0.137. The minimum atomic E-state index is -4.45. The number of amides is 1. The van der Waals surface area contributed by atoms with Gasteiger partial charge in [0.05, 0.1) is 22.7 Å². The zero-order valence-electron chi connectivity index (χ0n) is 17.4. The van der Waals surface area contributed by atoms with E-state index in [1.807, 2.05) is 0 Å². The molecule has 3 heterocycles. The number of carbonyl (C=O) groups is 1. The van der Waals surface area contributed by atoms with Gasteiger partial charge in [0.15, 0.2) is 5.82 Å². The maximum atomic E-state index is 13.9. The van der Waals surface area contributed by atoms with Crippen LogP contribution in [0.5, 0.6) is 0 Å². The highest BCUT2D eigenvalue weighted by Crippen LogP contribution is 2.40. The number of fused-ring (bicyclic) bond motifs is 2. The van der Waals surface area contributed by atoms with Crippen molar-refractivity contribution < 1.29 is 26.9 Å². The second kappa shape index (κ2) is 7.82. The monoisotopic (exact) mass is 461 g/mol. The second-order valence-corrected chi connectivity index (χ2v) is 8.38. The summed E-state index contributed by atoms with van der Waals surface area (Å²) >= 11 is 0. The number of nitrogens with zero attached hydrogens (tertiary/aromatic N) is 4. The lowest BCUT2D eigenvalue weighted by Crippen LogP contribution is -2.47. The molecule has 1 aliphatic heterocycles. The van der Waals surface area contributed by atoms with Crippen molar-refractivity contribution in [1.82, 2.24) is 20.0 Å². The number of piperidine rings is 1. The number of benzene rings is 1. The molecule has 1 amide bonds. The van der Waals surface area contributed by atoms with E-state index in [2.05, 4.69) is 20.4 Å². The molecule has 2 aromatic heterocycles. The van der Waals surface area contributed by atoms with Gasteiger partial charge in [-0.15, -0.1) is 0 Å². The molecular weight excluding hydrogens is 442 g/mol. The molecule has 33 heavy (non-hydrogen) atoms. The van der Waals surface area contributed by atoms with Crippen LogP contribution in [-0.2, 0) is 6.18 Å². The Kier molecular flexibility index (Phi) is 5.06. The standard InChI is InChI=1S/C22H19F4N5O2/c1-11-28-20(33-30-11)16-8-14(23)3-4-15(16)21(32)31-10-12-6-17(18(31)7-12)29-19-5-2-13(9-27-19)22(24,25)26/h2-5,8-9,12,17-18H,6-7,10H2,1H3,(H,27,29)/t12-,17-,18+/m1/s1. The third-order valence-electron chi connectivity index (χ3n) is 6.14. The average molecular weight is 461 g/mol. The Morgan fingerprint density at radius 2 is 2.03 bits per heavy atom. The van der Waals surface area contributed by atoms with E-state index < -0.39 is 17.6 Å².